The van der Waals surface area contributed by atoms with E-state index in [4.69, 9.17) is 0 Å². The number of rotatable bonds is 5. The Morgan fingerprint density at radius 2 is 1.86 bits per heavy atom. The van der Waals surface area contributed by atoms with Gasteiger partial charge in [0, 0.05) is 31.6 Å². The summed E-state index contributed by atoms with van der Waals surface area (Å²) < 4.78 is 12.8. The third kappa shape index (κ3) is 4.55. The number of nitrogens with zero attached hydrogens (tertiary/aromatic N) is 1. The van der Waals surface area contributed by atoms with Gasteiger partial charge in [0.2, 0.25) is 11.8 Å². The van der Waals surface area contributed by atoms with Crippen molar-refractivity contribution >= 4 is 17.5 Å². The summed E-state index contributed by atoms with van der Waals surface area (Å²) in [6, 6.07) is 5.92. The maximum absolute atomic E-state index is 12.8. The third-order valence-electron chi connectivity index (χ3n) is 3.88. The van der Waals surface area contributed by atoms with Crippen LogP contribution in [0.2, 0.25) is 0 Å². The van der Waals surface area contributed by atoms with Crippen LogP contribution in [0.5, 0.6) is 0 Å². The minimum atomic E-state index is -0.336. The van der Waals surface area contributed by atoms with Crippen LogP contribution in [0.25, 0.3) is 0 Å². The van der Waals surface area contributed by atoms with Gasteiger partial charge in [-0.15, -0.1) is 0 Å². The number of benzene rings is 1. The van der Waals surface area contributed by atoms with Crippen LogP contribution in [-0.2, 0) is 9.59 Å². The van der Waals surface area contributed by atoms with Crippen LogP contribution in [0.1, 0.15) is 39.0 Å². The molecule has 21 heavy (non-hydrogen) atoms. The SMILES string of the molecule is CC(=O)N(CCC(=O)Nc1ccc(F)cc1)C1CCCC1. The van der Waals surface area contributed by atoms with E-state index >= 15 is 0 Å². The van der Waals surface area contributed by atoms with Crippen molar-refractivity contribution in [3.8, 4) is 0 Å². The van der Waals surface area contributed by atoms with Crippen LogP contribution >= 0.6 is 0 Å². The first-order chi connectivity index (χ1) is 10.1. The lowest BCUT2D eigenvalue weighted by Crippen LogP contribution is -2.39. The van der Waals surface area contributed by atoms with E-state index in [2.05, 4.69) is 5.32 Å². The lowest BCUT2D eigenvalue weighted by molar-refractivity contribution is -0.131. The predicted molar refractivity (Wildman–Crippen MR) is 79.3 cm³/mol. The summed E-state index contributed by atoms with van der Waals surface area (Å²) in [6.45, 7) is 1.99. The number of carbonyl (C=O) groups excluding carboxylic acids is 2. The zero-order valence-electron chi connectivity index (χ0n) is 12.3. The minimum Gasteiger partial charge on any atom is -0.339 e. The van der Waals surface area contributed by atoms with Crippen molar-refractivity contribution in [3.05, 3.63) is 30.1 Å². The van der Waals surface area contributed by atoms with E-state index in [0.717, 1.165) is 25.7 Å². The topological polar surface area (TPSA) is 49.4 Å². The van der Waals surface area contributed by atoms with E-state index in [-0.39, 0.29) is 30.1 Å². The van der Waals surface area contributed by atoms with Gasteiger partial charge < -0.3 is 10.2 Å². The largest absolute Gasteiger partial charge is 0.339 e. The third-order valence-corrected chi connectivity index (χ3v) is 3.88. The van der Waals surface area contributed by atoms with Gasteiger partial charge in [-0.05, 0) is 37.1 Å². The molecule has 4 nitrogen and oxygen atoms in total. The van der Waals surface area contributed by atoms with Gasteiger partial charge in [-0.25, -0.2) is 4.39 Å². The maximum Gasteiger partial charge on any atom is 0.226 e. The number of nitrogens with one attached hydrogen (secondary N) is 1. The van der Waals surface area contributed by atoms with Gasteiger partial charge in [0.1, 0.15) is 5.82 Å². The number of carbonyl (C=O) groups is 2. The number of halogens is 1. The van der Waals surface area contributed by atoms with Crippen molar-refractivity contribution in [3.63, 3.8) is 0 Å². The van der Waals surface area contributed by atoms with Gasteiger partial charge in [0.05, 0.1) is 0 Å². The molecule has 0 atom stereocenters. The Kier molecular flexibility index (Phi) is 5.31. The maximum atomic E-state index is 12.8. The van der Waals surface area contributed by atoms with Crippen LogP contribution in [0.4, 0.5) is 10.1 Å². The highest BCUT2D eigenvalue weighted by molar-refractivity contribution is 5.91. The van der Waals surface area contributed by atoms with Gasteiger partial charge >= 0.3 is 0 Å². The number of amides is 2. The highest BCUT2D eigenvalue weighted by atomic mass is 19.1. The molecule has 0 aliphatic heterocycles. The van der Waals surface area contributed by atoms with Crippen molar-refractivity contribution < 1.29 is 14.0 Å². The highest BCUT2D eigenvalue weighted by Gasteiger charge is 2.24. The predicted octanol–water partition coefficient (Wildman–Crippen LogP) is 2.95. The molecule has 1 aliphatic rings. The average molecular weight is 292 g/mol. The van der Waals surface area contributed by atoms with Crippen molar-refractivity contribution in [2.24, 2.45) is 0 Å². The van der Waals surface area contributed by atoms with E-state index in [9.17, 15) is 14.0 Å². The Bertz CT molecular complexity index is 496. The van der Waals surface area contributed by atoms with Gasteiger partial charge in [-0.3, -0.25) is 9.59 Å². The molecular weight excluding hydrogens is 271 g/mol. The lowest BCUT2D eigenvalue weighted by atomic mass is 10.2. The molecule has 1 aromatic carbocycles. The van der Waals surface area contributed by atoms with Crippen molar-refractivity contribution in [1.29, 1.82) is 0 Å². The fraction of sp³-hybridized carbons (Fsp3) is 0.500. The first kappa shape index (κ1) is 15.5. The monoisotopic (exact) mass is 292 g/mol. The van der Waals surface area contributed by atoms with E-state index in [0.29, 0.717) is 12.2 Å². The standard InChI is InChI=1S/C16H21FN2O2/c1-12(20)19(15-4-2-3-5-15)11-10-16(21)18-14-8-6-13(17)7-9-14/h6-9,15H,2-5,10-11H2,1H3,(H,18,21). The molecule has 1 aliphatic carbocycles. The van der Waals surface area contributed by atoms with Gasteiger partial charge in [0.15, 0.2) is 0 Å². The zero-order valence-corrected chi connectivity index (χ0v) is 12.3. The molecule has 5 heteroatoms. The molecule has 1 aromatic rings. The zero-order chi connectivity index (χ0) is 15.2. The summed E-state index contributed by atoms with van der Waals surface area (Å²) in [5.41, 5.74) is 0.566. The molecule has 2 rings (SSSR count). The Labute approximate surface area is 124 Å². The molecule has 0 saturated heterocycles. The average Bonchev–Trinajstić information content (AvgIpc) is 2.95. The molecule has 0 heterocycles. The van der Waals surface area contributed by atoms with Crippen LogP contribution < -0.4 is 5.32 Å². The smallest absolute Gasteiger partial charge is 0.226 e. The van der Waals surface area contributed by atoms with E-state index in [1.54, 1.807) is 11.8 Å². The summed E-state index contributed by atoms with van der Waals surface area (Å²) in [7, 11) is 0. The van der Waals surface area contributed by atoms with E-state index in [1.807, 2.05) is 0 Å². The first-order valence-electron chi connectivity index (χ1n) is 7.39. The van der Waals surface area contributed by atoms with Crippen molar-refractivity contribution in [1.82, 2.24) is 4.90 Å². The van der Waals surface area contributed by atoms with Crippen LogP contribution in [-0.4, -0.2) is 29.3 Å². The Balaban J connectivity index is 1.83. The van der Waals surface area contributed by atoms with E-state index in [1.165, 1.54) is 24.3 Å². The summed E-state index contributed by atoms with van der Waals surface area (Å²) in [4.78, 5) is 25.4. The molecule has 1 saturated carbocycles. The second-order valence-electron chi connectivity index (χ2n) is 5.46. The summed E-state index contributed by atoms with van der Waals surface area (Å²) in [5, 5.41) is 2.71. The molecule has 0 aromatic heterocycles. The Morgan fingerprint density at radius 1 is 1.24 bits per heavy atom. The summed E-state index contributed by atoms with van der Waals surface area (Å²) in [6.07, 6.45) is 4.61. The quantitative estimate of drug-likeness (QED) is 0.907. The second kappa shape index (κ2) is 7.20. The molecule has 1 fully saturated rings. The molecule has 0 spiro atoms. The number of hydrogen-bond acceptors (Lipinski definition) is 2. The van der Waals surface area contributed by atoms with Crippen molar-refractivity contribution in [2.45, 2.75) is 45.1 Å². The Hall–Kier alpha value is -1.91. The van der Waals surface area contributed by atoms with Gasteiger partial charge in [-0.1, -0.05) is 12.8 Å². The molecule has 2 amide bonds. The lowest BCUT2D eigenvalue weighted by Gasteiger charge is -2.27. The number of anilines is 1. The summed E-state index contributed by atoms with van der Waals surface area (Å²) in [5.74, 6) is -0.473. The second-order valence-corrected chi connectivity index (χ2v) is 5.46. The van der Waals surface area contributed by atoms with Crippen LogP contribution in [0, 0.1) is 5.82 Å². The molecule has 0 unspecified atom stereocenters. The minimum absolute atomic E-state index is 0.0245. The van der Waals surface area contributed by atoms with E-state index < -0.39 is 0 Å². The molecule has 1 N–H and O–H groups in total. The fourth-order valence-corrected chi connectivity index (χ4v) is 2.79. The number of hydrogen-bond donors (Lipinski definition) is 1. The van der Waals surface area contributed by atoms with Gasteiger partial charge in [-0.2, -0.15) is 0 Å². The Morgan fingerprint density at radius 3 is 2.43 bits per heavy atom. The normalized spacial score (nSPS) is 15.0. The van der Waals surface area contributed by atoms with Crippen molar-refractivity contribution in [2.75, 3.05) is 11.9 Å². The molecule has 114 valence electrons. The summed E-state index contributed by atoms with van der Waals surface area (Å²) >= 11 is 0. The van der Waals surface area contributed by atoms with Crippen LogP contribution in [0.3, 0.4) is 0 Å². The van der Waals surface area contributed by atoms with Crippen LogP contribution in [0.15, 0.2) is 24.3 Å². The highest BCUT2D eigenvalue weighted by Crippen LogP contribution is 2.23. The fourth-order valence-electron chi connectivity index (χ4n) is 2.79. The molecular formula is C16H21FN2O2. The van der Waals surface area contributed by atoms with Gasteiger partial charge in [0.25, 0.3) is 0 Å². The molecule has 0 radical (unpaired) electrons. The molecule has 0 bridgehead atoms. The first-order valence-corrected chi connectivity index (χ1v) is 7.39.